The predicted octanol–water partition coefficient (Wildman–Crippen LogP) is 2.33. The maximum absolute atomic E-state index is 12.1. The second-order valence-electron chi connectivity index (χ2n) is 5.14. The Balaban J connectivity index is 1.44. The Morgan fingerprint density at radius 1 is 0.870 bits per heavy atom. The summed E-state index contributed by atoms with van der Waals surface area (Å²) >= 11 is 0. The van der Waals surface area contributed by atoms with Crippen LogP contribution in [-0.2, 0) is 11.2 Å². The Morgan fingerprint density at radius 2 is 1.57 bits per heavy atom. The third kappa shape index (κ3) is 2.88. The average Bonchev–Trinajstić information content (AvgIpc) is 3.02. The van der Waals surface area contributed by atoms with E-state index < -0.39 is 0 Å². The smallest absolute Gasteiger partial charge is 0.315 e. The van der Waals surface area contributed by atoms with Crippen molar-refractivity contribution in [1.29, 1.82) is 0 Å². The maximum Gasteiger partial charge on any atom is 0.315 e. The lowest BCUT2D eigenvalue weighted by molar-refractivity contribution is -0.133. The van der Waals surface area contributed by atoms with Crippen molar-refractivity contribution in [3.63, 3.8) is 0 Å². The number of hydrogen-bond donors (Lipinski definition) is 0. The fourth-order valence-electron chi connectivity index (χ4n) is 2.47. The van der Waals surface area contributed by atoms with E-state index in [9.17, 15) is 4.79 Å². The highest BCUT2D eigenvalue weighted by Crippen LogP contribution is 2.35. The molecule has 23 heavy (non-hydrogen) atoms. The zero-order valence-electron chi connectivity index (χ0n) is 12.2. The van der Waals surface area contributed by atoms with Crippen LogP contribution in [0, 0.1) is 0 Å². The summed E-state index contributed by atoms with van der Waals surface area (Å²) in [5.41, 5.74) is 0.806. The van der Waals surface area contributed by atoms with Crippen molar-refractivity contribution < 1.29 is 28.5 Å². The summed E-state index contributed by atoms with van der Waals surface area (Å²) in [6.07, 6.45) is 0.144. The van der Waals surface area contributed by atoms with Gasteiger partial charge in [0.15, 0.2) is 23.0 Å². The molecule has 2 aliphatic heterocycles. The van der Waals surface area contributed by atoms with E-state index in [2.05, 4.69) is 0 Å². The molecule has 6 heteroatoms. The topological polar surface area (TPSA) is 63.2 Å². The Labute approximate surface area is 132 Å². The molecule has 118 valence electrons. The average molecular weight is 314 g/mol. The number of benzene rings is 2. The quantitative estimate of drug-likeness (QED) is 0.640. The highest BCUT2D eigenvalue weighted by Gasteiger charge is 2.17. The van der Waals surface area contributed by atoms with Crippen molar-refractivity contribution in [2.24, 2.45) is 0 Å². The summed E-state index contributed by atoms with van der Waals surface area (Å²) in [6, 6.07) is 10.5. The van der Waals surface area contributed by atoms with Crippen molar-refractivity contribution >= 4 is 5.97 Å². The van der Waals surface area contributed by atoms with Crippen LogP contribution in [0.1, 0.15) is 5.56 Å². The van der Waals surface area contributed by atoms with E-state index in [1.165, 1.54) is 0 Å². The second kappa shape index (κ2) is 5.72. The summed E-state index contributed by atoms with van der Waals surface area (Å²) in [6.45, 7) is 1.24. The summed E-state index contributed by atoms with van der Waals surface area (Å²) in [4.78, 5) is 12.1. The van der Waals surface area contributed by atoms with Crippen molar-refractivity contribution in [3.05, 3.63) is 42.0 Å². The van der Waals surface area contributed by atoms with Gasteiger partial charge in [-0.05, 0) is 29.8 Å². The molecule has 0 fully saturated rings. The van der Waals surface area contributed by atoms with Crippen LogP contribution in [0.15, 0.2) is 36.4 Å². The van der Waals surface area contributed by atoms with Crippen LogP contribution in [0.3, 0.4) is 0 Å². The van der Waals surface area contributed by atoms with Crippen LogP contribution in [0.4, 0.5) is 0 Å². The first-order valence-electron chi connectivity index (χ1n) is 7.27. The molecule has 0 atom stereocenters. The minimum Gasteiger partial charge on any atom is -0.486 e. The first kappa shape index (κ1) is 13.8. The lowest BCUT2D eigenvalue weighted by Gasteiger charge is -2.18. The lowest BCUT2D eigenvalue weighted by atomic mass is 10.1. The van der Waals surface area contributed by atoms with Crippen LogP contribution in [0.5, 0.6) is 28.7 Å². The molecule has 0 saturated carbocycles. The van der Waals surface area contributed by atoms with Crippen molar-refractivity contribution in [3.8, 4) is 28.7 Å². The number of carbonyl (C=O) groups excluding carboxylic acids is 1. The van der Waals surface area contributed by atoms with Gasteiger partial charge in [0.1, 0.15) is 19.0 Å². The molecule has 2 aromatic rings. The number of rotatable bonds is 3. The maximum atomic E-state index is 12.1. The molecular weight excluding hydrogens is 300 g/mol. The predicted molar refractivity (Wildman–Crippen MR) is 79.3 cm³/mol. The van der Waals surface area contributed by atoms with Crippen molar-refractivity contribution in [2.75, 3.05) is 20.0 Å². The highest BCUT2D eigenvalue weighted by molar-refractivity contribution is 5.75. The molecule has 0 unspecified atom stereocenters. The SMILES string of the molecule is O=C(Cc1ccc2c(c1)OCCO2)Oc1ccc2c(c1)OCO2. The van der Waals surface area contributed by atoms with Gasteiger partial charge < -0.3 is 23.7 Å². The van der Waals surface area contributed by atoms with Crippen LogP contribution in [-0.4, -0.2) is 26.0 Å². The van der Waals surface area contributed by atoms with Gasteiger partial charge in [-0.1, -0.05) is 6.07 Å². The summed E-state index contributed by atoms with van der Waals surface area (Å²) in [5.74, 6) is 2.65. The molecule has 0 aromatic heterocycles. The molecule has 2 aliphatic rings. The molecule has 0 spiro atoms. The third-order valence-corrected chi connectivity index (χ3v) is 3.53. The van der Waals surface area contributed by atoms with E-state index in [0.29, 0.717) is 42.0 Å². The number of carbonyl (C=O) groups is 1. The van der Waals surface area contributed by atoms with Crippen LogP contribution < -0.4 is 23.7 Å². The Kier molecular flexibility index (Phi) is 3.42. The standard InChI is InChI=1S/C17H14O6/c18-17(23-12-2-4-14-16(9-12)22-10-21-14)8-11-1-3-13-15(7-11)20-6-5-19-13/h1-4,7,9H,5-6,8,10H2. The fraction of sp³-hybridized carbons (Fsp3) is 0.235. The minimum atomic E-state index is -0.361. The first-order chi connectivity index (χ1) is 11.3. The number of ether oxygens (including phenoxy) is 5. The Morgan fingerprint density at radius 3 is 2.48 bits per heavy atom. The van der Waals surface area contributed by atoms with Gasteiger partial charge in [-0.15, -0.1) is 0 Å². The third-order valence-electron chi connectivity index (χ3n) is 3.53. The van der Waals surface area contributed by atoms with E-state index in [1.54, 1.807) is 30.3 Å². The molecule has 0 saturated heterocycles. The van der Waals surface area contributed by atoms with Gasteiger partial charge in [0.25, 0.3) is 0 Å². The number of esters is 1. The van der Waals surface area contributed by atoms with Crippen LogP contribution in [0.25, 0.3) is 0 Å². The molecular formula is C17H14O6. The van der Waals surface area contributed by atoms with Gasteiger partial charge in [0.2, 0.25) is 6.79 Å². The van der Waals surface area contributed by atoms with E-state index in [4.69, 9.17) is 23.7 Å². The zero-order valence-corrected chi connectivity index (χ0v) is 12.2. The molecule has 0 bridgehead atoms. The summed E-state index contributed by atoms with van der Waals surface area (Å²) < 4.78 is 26.8. The van der Waals surface area contributed by atoms with E-state index >= 15 is 0 Å². The van der Waals surface area contributed by atoms with Gasteiger partial charge in [0.05, 0.1) is 6.42 Å². The molecule has 0 aliphatic carbocycles. The molecule has 4 rings (SSSR count). The fourth-order valence-corrected chi connectivity index (χ4v) is 2.47. The lowest BCUT2D eigenvalue weighted by Crippen LogP contribution is -2.16. The minimum absolute atomic E-state index is 0.144. The van der Waals surface area contributed by atoms with E-state index in [0.717, 1.165) is 5.56 Å². The van der Waals surface area contributed by atoms with Gasteiger partial charge in [-0.2, -0.15) is 0 Å². The monoisotopic (exact) mass is 314 g/mol. The molecule has 0 N–H and O–H groups in total. The summed E-state index contributed by atoms with van der Waals surface area (Å²) in [7, 11) is 0. The van der Waals surface area contributed by atoms with Crippen LogP contribution in [0.2, 0.25) is 0 Å². The normalized spacial score (nSPS) is 14.4. The second-order valence-corrected chi connectivity index (χ2v) is 5.14. The molecule has 2 heterocycles. The number of fused-ring (bicyclic) bond motifs is 2. The van der Waals surface area contributed by atoms with Gasteiger partial charge in [0, 0.05) is 6.07 Å². The molecule has 0 amide bonds. The first-order valence-corrected chi connectivity index (χ1v) is 7.27. The Hall–Kier alpha value is -2.89. The van der Waals surface area contributed by atoms with Crippen LogP contribution >= 0.6 is 0 Å². The van der Waals surface area contributed by atoms with Crippen molar-refractivity contribution in [2.45, 2.75) is 6.42 Å². The molecule has 0 radical (unpaired) electrons. The molecule has 6 nitrogen and oxygen atoms in total. The zero-order chi connectivity index (χ0) is 15.6. The van der Waals surface area contributed by atoms with E-state index in [-0.39, 0.29) is 19.2 Å². The van der Waals surface area contributed by atoms with Crippen molar-refractivity contribution in [1.82, 2.24) is 0 Å². The number of hydrogen-bond acceptors (Lipinski definition) is 6. The Bertz CT molecular complexity index is 755. The van der Waals surface area contributed by atoms with Gasteiger partial charge in [-0.25, -0.2) is 0 Å². The van der Waals surface area contributed by atoms with E-state index in [1.807, 2.05) is 6.07 Å². The highest BCUT2D eigenvalue weighted by atomic mass is 16.7. The molecule has 2 aromatic carbocycles. The van der Waals surface area contributed by atoms with Gasteiger partial charge >= 0.3 is 5.97 Å². The van der Waals surface area contributed by atoms with Gasteiger partial charge in [-0.3, -0.25) is 4.79 Å². The summed E-state index contributed by atoms with van der Waals surface area (Å²) in [5, 5.41) is 0. The largest absolute Gasteiger partial charge is 0.486 e.